The van der Waals surface area contributed by atoms with Gasteiger partial charge in [0.15, 0.2) is 0 Å². The summed E-state index contributed by atoms with van der Waals surface area (Å²) in [7, 11) is 2.78. The van der Waals surface area contributed by atoms with E-state index in [2.05, 4.69) is 6.58 Å². The molecule has 0 amide bonds. The van der Waals surface area contributed by atoms with E-state index in [4.69, 9.17) is 18.9 Å². The molecule has 0 atom stereocenters. The third-order valence-corrected chi connectivity index (χ3v) is 3.22. The maximum absolute atomic E-state index is 12.0. The number of hydrogen-bond donors (Lipinski definition) is 0. The topological polar surface area (TPSA) is 54.0 Å². The van der Waals surface area contributed by atoms with Crippen LogP contribution < -0.4 is 9.47 Å². The summed E-state index contributed by atoms with van der Waals surface area (Å²) in [5.41, 5.74) is 0.827. The van der Waals surface area contributed by atoms with Crippen LogP contribution in [0.15, 0.2) is 67.4 Å². The van der Waals surface area contributed by atoms with Gasteiger partial charge in [0, 0.05) is 11.6 Å². The normalized spacial score (nSPS) is 10.7. The van der Waals surface area contributed by atoms with Crippen molar-refractivity contribution in [2.75, 3.05) is 20.8 Å². The van der Waals surface area contributed by atoms with Gasteiger partial charge in [-0.25, -0.2) is 4.79 Å². The molecule has 2 aromatic carbocycles. The van der Waals surface area contributed by atoms with Gasteiger partial charge in [0.25, 0.3) is 0 Å². The molecule has 0 radical (unpaired) electrons. The predicted molar refractivity (Wildman–Crippen MR) is 95.7 cm³/mol. The summed E-state index contributed by atoms with van der Waals surface area (Å²) in [5, 5.41) is 0. The summed E-state index contributed by atoms with van der Waals surface area (Å²) in [4.78, 5) is 12.0. The monoisotopic (exact) mass is 340 g/mol. The molecule has 0 fully saturated rings. The van der Waals surface area contributed by atoms with Crippen LogP contribution in [0.2, 0.25) is 0 Å². The maximum atomic E-state index is 12.0. The van der Waals surface area contributed by atoms with Crippen LogP contribution in [0.1, 0.15) is 5.56 Å². The molecule has 130 valence electrons. The maximum Gasteiger partial charge on any atom is 0.341 e. The van der Waals surface area contributed by atoms with Gasteiger partial charge in [-0.2, -0.15) is 0 Å². The Hall–Kier alpha value is -3.21. The fraction of sp³-hybridized carbons (Fsp3) is 0.150. The molecule has 0 aliphatic heterocycles. The van der Waals surface area contributed by atoms with E-state index in [-0.39, 0.29) is 5.57 Å². The van der Waals surface area contributed by atoms with Crippen molar-refractivity contribution < 1.29 is 23.7 Å². The first-order valence-corrected chi connectivity index (χ1v) is 7.62. The van der Waals surface area contributed by atoms with Crippen molar-refractivity contribution in [3.8, 4) is 17.2 Å². The third-order valence-electron chi connectivity index (χ3n) is 3.22. The minimum absolute atomic E-state index is 0.264. The van der Waals surface area contributed by atoms with Gasteiger partial charge in [-0.3, -0.25) is 0 Å². The van der Waals surface area contributed by atoms with Crippen molar-refractivity contribution in [2.45, 2.75) is 0 Å². The second-order valence-corrected chi connectivity index (χ2v) is 4.93. The lowest BCUT2D eigenvalue weighted by Crippen LogP contribution is -2.05. The number of benzene rings is 2. The molecule has 0 spiro atoms. The lowest BCUT2D eigenvalue weighted by molar-refractivity contribution is -0.133. The van der Waals surface area contributed by atoms with Gasteiger partial charge < -0.3 is 18.9 Å². The van der Waals surface area contributed by atoms with Crippen LogP contribution in [-0.4, -0.2) is 26.8 Å². The predicted octanol–water partition coefficient (Wildman–Crippen LogP) is 4.20. The molecule has 5 heteroatoms. The third kappa shape index (κ3) is 4.88. The summed E-state index contributed by atoms with van der Waals surface area (Å²) in [6.45, 7) is 4.03. The summed E-state index contributed by atoms with van der Waals surface area (Å²) < 4.78 is 21.3. The average Bonchev–Trinajstić information content (AvgIpc) is 2.65. The Bertz CT molecular complexity index is 764. The largest absolute Gasteiger partial charge is 0.503 e. The molecular formula is C20H20O5. The second-order valence-electron chi connectivity index (χ2n) is 4.93. The molecule has 0 bridgehead atoms. The first-order chi connectivity index (χ1) is 12.2. The summed E-state index contributed by atoms with van der Waals surface area (Å²) in [5.74, 6) is 1.23. The van der Waals surface area contributed by atoms with Crippen molar-refractivity contribution in [3.63, 3.8) is 0 Å². The Morgan fingerprint density at radius 3 is 2.56 bits per heavy atom. The quantitative estimate of drug-likeness (QED) is 0.312. The Kier molecular flexibility index (Phi) is 6.65. The van der Waals surface area contributed by atoms with E-state index in [0.29, 0.717) is 29.4 Å². The van der Waals surface area contributed by atoms with Crippen molar-refractivity contribution in [3.05, 3.63) is 73.0 Å². The summed E-state index contributed by atoms with van der Waals surface area (Å²) in [6.07, 6.45) is 3.00. The molecule has 0 aliphatic carbocycles. The van der Waals surface area contributed by atoms with E-state index in [9.17, 15) is 4.79 Å². The first kappa shape index (κ1) is 18.1. The van der Waals surface area contributed by atoms with Crippen molar-refractivity contribution in [1.29, 1.82) is 0 Å². The molecule has 5 nitrogen and oxygen atoms in total. The lowest BCUT2D eigenvalue weighted by atomic mass is 10.1. The highest BCUT2D eigenvalue weighted by atomic mass is 16.5. The van der Waals surface area contributed by atoms with Crippen molar-refractivity contribution >= 4 is 11.5 Å². The standard InChI is InChI=1S/C20H20O5/c1-4-12-24-15-8-7-9-16(13-15)25-19-11-6-5-10-17(19)18(14-22-2)20(21)23-3/h4-11,13-14H,1,12H2,2-3H3. The molecule has 2 aromatic rings. The number of esters is 1. The number of carbonyl (C=O) groups is 1. The van der Waals surface area contributed by atoms with Crippen molar-refractivity contribution in [2.24, 2.45) is 0 Å². The van der Waals surface area contributed by atoms with Crippen LogP contribution >= 0.6 is 0 Å². The van der Waals surface area contributed by atoms with Gasteiger partial charge >= 0.3 is 5.97 Å². The molecule has 25 heavy (non-hydrogen) atoms. The van der Waals surface area contributed by atoms with Crippen LogP contribution in [-0.2, 0) is 14.3 Å². The highest BCUT2D eigenvalue weighted by molar-refractivity contribution is 6.17. The molecule has 0 unspecified atom stereocenters. The Labute approximate surface area is 147 Å². The van der Waals surface area contributed by atoms with Gasteiger partial charge in [-0.05, 0) is 18.2 Å². The molecule has 0 heterocycles. The van der Waals surface area contributed by atoms with Gasteiger partial charge in [0.05, 0.1) is 20.5 Å². The molecule has 0 N–H and O–H groups in total. The molecule has 2 rings (SSSR count). The average molecular weight is 340 g/mol. The molecule has 0 saturated heterocycles. The second kappa shape index (κ2) is 9.17. The van der Waals surface area contributed by atoms with E-state index in [1.54, 1.807) is 36.4 Å². The molecule has 0 aliphatic rings. The van der Waals surface area contributed by atoms with E-state index in [1.165, 1.54) is 20.5 Å². The number of rotatable bonds is 8. The fourth-order valence-corrected chi connectivity index (χ4v) is 2.14. The zero-order chi connectivity index (χ0) is 18.1. The van der Waals surface area contributed by atoms with Gasteiger partial charge in [-0.15, -0.1) is 0 Å². The number of para-hydroxylation sites is 1. The minimum Gasteiger partial charge on any atom is -0.503 e. The SMILES string of the molecule is C=CCOc1cccc(Oc2ccccc2C(=COC)C(=O)OC)c1. The number of methoxy groups -OCH3 is 2. The Morgan fingerprint density at radius 2 is 1.84 bits per heavy atom. The minimum atomic E-state index is -0.513. The molecule has 0 saturated carbocycles. The highest BCUT2D eigenvalue weighted by Gasteiger charge is 2.18. The highest BCUT2D eigenvalue weighted by Crippen LogP contribution is 2.32. The van der Waals surface area contributed by atoms with E-state index >= 15 is 0 Å². The first-order valence-electron chi connectivity index (χ1n) is 7.62. The van der Waals surface area contributed by atoms with E-state index < -0.39 is 5.97 Å². The number of carbonyl (C=O) groups excluding carboxylic acids is 1. The molecule has 0 aromatic heterocycles. The van der Waals surface area contributed by atoms with E-state index in [1.807, 2.05) is 18.2 Å². The van der Waals surface area contributed by atoms with Crippen LogP contribution in [0.5, 0.6) is 17.2 Å². The fourth-order valence-electron chi connectivity index (χ4n) is 2.14. The summed E-state index contributed by atoms with van der Waals surface area (Å²) in [6, 6.07) is 14.4. The number of ether oxygens (including phenoxy) is 4. The van der Waals surface area contributed by atoms with Gasteiger partial charge in [0.2, 0.25) is 0 Å². The molecular weight excluding hydrogens is 320 g/mol. The van der Waals surface area contributed by atoms with E-state index in [0.717, 1.165) is 0 Å². The Balaban J connectivity index is 2.33. The van der Waals surface area contributed by atoms with Crippen LogP contribution in [0.25, 0.3) is 5.57 Å². The summed E-state index contributed by atoms with van der Waals surface area (Å²) >= 11 is 0. The lowest BCUT2D eigenvalue weighted by Gasteiger charge is -2.13. The number of hydrogen-bond acceptors (Lipinski definition) is 5. The zero-order valence-electron chi connectivity index (χ0n) is 14.2. The smallest absolute Gasteiger partial charge is 0.341 e. The zero-order valence-corrected chi connectivity index (χ0v) is 14.2. The van der Waals surface area contributed by atoms with Crippen molar-refractivity contribution in [1.82, 2.24) is 0 Å². The Morgan fingerprint density at radius 1 is 1.08 bits per heavy atom. The van der Waals surface area contributed by atoms with Gasteiger partial charge in [0.1, 0.15) is 29.4 Å². The van der Waals surface area contributed by atoms with Crippen LogP contribution in [0.4, 0.5) is 0 Å². The van der Waals surface area contributed by atoms with Gasteiger partial charge in [-0.1, -0.05) is 36.9 Å². The van der Waals surface area contributed by atoms with Crippen LogP contribution in [0.3, 0.4) is 0 Å². The van der Waals surface area contributed by atoms with Crippen LogP contribution in [0, 0.1) is 0 Å².